The van der Waals surface area contributed by atoms with Crippen molar-refractivity contribution in [3.8, 4) is 0 Å². The second-order valence-electron chi connectivity index (χ2n) is 6.37. The van der Waals surface area contributed by atoms with Gasteiger partial charge in [0.15, 0.2) is 0 Å². The molecule has 0 bridgehead atoms. The standard InChI is InChI=1S/C21H16N4O/c26-19-9-8-16-13-23-21(25-12-10-18(24-19)20(16)25)15-6-4-14(5-7-15)17-3-1-2-11-22-17/h1-9,11,13,22H,10,12H2. The molecule has 2 aromatic rings. The van der Waals surface area contributed by atoms with E-state index >= 15 is 0 Å². The van der Waals surface area contributed by atoms with E-state index in [2.05, 4.69) is 50.5 Å². The summed E-state index contributed by atoms with van der Waals surface area (Å²) in [7, 11) is 0. The van der Waals surface area contributed by atoms with Gasteiger partial charge in [0.25, 0.3) is 5.56 Å². The number of aliphatic imine (C=N–C) groups is 1. The Morgan fingerprint density at radius 3 is 2.65 bits per heavy atom. The molecule has 0 spiro atoms. The summed E-state index contributed by atoms with van der Waals surface area (Å²) in [6, 6.07) is 11.7. The second-order valence-corrected chi connectivity index (χ2v) is 6.37. The predicted molar refractivity (Wildman–Crippen MR) is 103 cm³/mol. The lowest BCUT2D eigenvalue weighted by molar-refractivity contribution is 0.960. The van der Waals surface area contributed by atoms with Crippen molar-refractivity contribution in [2.75, 3.05) is 11.4 Å². The monoisotopic (exact) mass is 340 g/mol. The Labute approximate surface area is 150 Å². The summed E-state index contributed by atoms with van der Waals surface area (Å²) >= 11 is 0. The van der Waals surface area contributed by atoms with Crippen LogP contribution in [0.2, 0.25) is 0 Å². The molecule has 0 saturated carbocycles. The Morgan fingerprint density at radius 2 is 1.85 bits per heavy atom. The van der Waals surface area contributed by atoms with Gasteiger partial charge in [0.2, 0.25) is 0 Å². The maximum Gasteiger partial charge on any atom is 0.270 e. The molecule has 0 aliphatic carbocycles. The van der Waals surface area contributed by atoms with Crippen molar-refractivity contribution in [3.63, 3.8) is 0 Å². The average molecular weight is 340 g/mol. The molecule has 5 rings (SSSR count). The van der Waals surface area contributed by atoms with Crippen molar-refractivity contribution in [2.24, 2.45) is 4.99 Å². The number of hydrogen-bond acceptors (Lipinski definition) is 5. The number of anilines is 1. The smallest absolute Gasteiger partial charge is 0.270 e. The highest BCUT2D eigenvalue weighted by atomic mass is 16.1. The molecule has 0 amide bonds. The van der Waals surface area contributed by atoms with Crippen molar-refractivity contribution >= 4 is 23.4 Å². The van der Waals surface area contributed by atoms with Crippen molar-refractivity contribution < 1.29 is 0 Å². The maximum atomic E-state index is 11.8. The zero-order chi connectivity index (χ0) is 17.5. The minimum Gasteiger partial charge on any atom is -0.361 e. The van der Waals surface area contributed by atoms with Gasteiger partial charge in [-0.3, -0.25) is 4.79 Å². The zero-order valence-corrected chi connectivity index (χ0v) is 14.0. The van der Waals surface area contributed by atoms with Gasteiger partial charge in [-0.1, -0.05) is 30.3 Å². The number of hydrogen-bond donors (Lipinski definition) is 1. The first-order valence-corrected chi connectivity index (χ1v) is 8.60. The van der Waals surface area contributed by atoms with E-state index in [-0.39, 0.29) is 5.56 Å². The lowest BCUT2D eigenvalue weighted by Gasteiger charge is -2.24. The fourth-order valence-electron chi connectivity index (χ4n) is 3.56. The van der Waals surface area contributed by atoms with Crippen LogP contribution in [0.5, 0.6) is 0 Å². The third-order valence-electron chi connectivity index (χ3n) is 4.78. The molecule has 0 radical (unpaired) electrons. The minimum atomic E-state index is -0.199. The average Bonchev–Trinajstić information content (AvgIpc) is 3.03. The predicted octanol–water partition coefficient (Wildman–Crippen LogP) is 0.784. The van der Waals surface area contributed by atoms with E-state index in [1.807, 2.05) is 24.6 Å². The maximum absolute atomic E-state index is 11.8. The van der Waals surface area contributed by atoms with Gasteiger partial charge in [0.1, 0.15) is 5.82 Å². The van der Waals surface area contributed by atoms with Crippen LogP contribution in [0.4, 0.5) is 5.69 Å². The molecule has 26 heavy (non-hydrogen) atoms. The summed E-state index contributed by atoms with van der Waals surface area (Å²) in [5, 5.41) is 5.42. The number of dihydropyridines is 1. The Hall–Kier alpha value is -3.47. The molecule has 1 N–H and O–H groups in total. The number of rotatable bonds is 0. The fraction of sp³-hybridized carbons (Fsp3) is 0.0952. The van der Waals surface area contributed by atoms with E-state index < -0.39 is 0 Å². The molecular formula is C21H16N4O. The van der Waals surface area contributed by atoms with Gasteiger partial charge in [0.05, 0.1) is 11.4 Å². The van der Waals surface area contributed by atoms with Gasteiger partial charge in [-0.25, -0.2) is 9.98 Å². The lowest BCUT2D eigenvalue weighted by Crippen LogP contribution is -2.28. The molecule has 5 nitrogen and oxygen atoms in total. The highest BCUT2D eigenvalue weighted by Gasteiger charge is 2.28. The van der Waals surface area contributed by atoms with Gasteiger partial charge in [-0.05, 0) is 23.4 Å². The van der Waals surface area contributed by atoms with Crippen LogP contribution in [-0.4, -0.2) is 17.7 Å². The SMILES string of the molecule is O=c1ccc2c3c(n1)CCN3C(=c1ccc(=C3C=CC=CN3)cc1)N=C2. The van der Waals surface area contributed by atoms with Gasteiger partial charge in [-0.2, -0.15) is 0 Å². The molecule has 3 aliphatic rings. The van der Waals surface area contributed by atoms with E-state index in [1.54, 1.807) is 6.07 Å². The molecule has 1 aromatic heterocycles. The zero-order valence-electron chi connectivity index (χ0n) is 14.0. The van der Waals surface area contributed by atoms with Crippen LogP contribution in [0.3, 0.4) is 0 Å². The van der Waals surface area contributed by atoms with Gasteiger partial charge in [-0.15, -0.1) is 0 Å². The van der Waals surface area contributed by atoms with Crippen molar-refractivity contribution in [3.05, 3.63) is 92.9 Å². The molecular weight excluding hydrogens is 324 g/mol. The molecule has 0 fully saturated rings. The Morgan fingerprint density at radius 1 is 1.00 bits per heavy atom. The molecule has 1 aromatic carbocycles. The van der Waals surface area contributed by atoms with Crippen molar-refractivity contribution in [2.45, 2.75) is 6.42 Å². The summed E-state index contributed by atoms with van der Waals surface area (Å²) in [6.07, 6.45) is 10.5. The Kier molecular flexibility index (Phi) is 3.31. The van der Waals surface area contributed by atoms with E-state index in [4.69, 9.17) is 0 Å². The molecule has 4 heterocycles. The first-order valence-electron chi connectivity index (χ1n) is 8.60. The van der Waals surface area contributed by atoms with Crippen LogP contribution in [0.15, 0.2) is 70.6 Å². The topological polar surface area (TPSA) is 57.6 Å². The van der Waals surface area contributed by atoms with E-state index in [0.29, 0.717) is 0 Å². The van der Waals surface area contributed by atoms with Crippen molar-refractivity contribution in [1.82, 2.24) is 10.3 Å². The molecule has 126 valence electrons. The van der Waals surface area contributed by atoms with Crippen LogP contribution in [-0.2, 0) is 6.42 Å². The van der Waals surface area contributed by atoms with Crippen LogP contribution in [0, 0.1) is 0 Å². The van der Waals surface area contributed by atoms with Crippen LogP contribution >= 0.6 is 0 Å². The minimum absolute atomic E-state index is 0.199. The van der Waals surface area contributed by atoms with E-state index in [0.717, 1.165) is 51.9 Å². The highest BCUT2D eigenvalue weighted by Crippen LogP contribution is 2.34. The summed E-state index contributed by atoms with van der Waals surface area (Å²) in [5.41, 5.74) is 3.69. The highest BCUT2D eigenvalue weighted by molar-refractivity contribution is 5.98. The number of allylic oxidation sites excluding steroid dienone is 2. The fourth-order valence-corrected chi connectivity index (χ4v) is 3.56. The largest absolute Gasteiger partial charge is 0.361 e. The number of benzene rings is 1. The first-order chi connectivity index (χ1) is 12.8. The number of aromatic nitrogens is 1. The van der Waals surface area contributed by atoms with E-state index in [9.17, 15) is 4.79 Å². The quantitative estimate of drug-likeness (QED) is 0.770. The summed E-state index contributed by atoms with van der Waals surface area (Å²) in [4.78, 5) is 22.8. The normalized spacial score (nSPS) is 16.7. The van der Waals surface area contributed by atoms with E-state index in [1.165, 1.54) is 6.07 Å². The molecule has 3 aliphatic heterocycles. The van der Waals surface area contributed by atoms with Gasteiger partial charge >= 0.3 is 0 Å². The first kappa shape index (κ1) is 14.8. The molecule has 5 heteroatoms. The van der Waals surface area contributed by atoms with Crippen LogP contribution in [0.25, 0.3) is 11.5 Å². The Balaban J connectivity index is 1.66. The third-order valence-corrected chi connectivity index (χ3v) is 4.78. The number of nitrogens with zero attached hydrogens (tertiary/aromatic N) is 3. The second kappa shape index (κ2) is 5.81. The third kappa shape index (κ3) is 2.37. The van der Waals surface area contributed by atoms with Gasteiger partial charge in [0, 0.05) is 47.9 Å². The molecule has 0 saturated heterocycles. The van der Waals surface area contributed by atoms with Crippen LogP contribution in [0.1, 0.15) is 11.3 Å². The van der Waals surface area contributed by atoms with Crippen LogP contribution < -0.4 is 26.2 Å². The summed E-state index contributed by atoms with van der Waals surface area (Å²) in [5.74, 6) is 0.903. The number of nitrogens with one attached hydrogen (secondary N) is 1. The summed E-state index contributed by atoms with van der Waals surface area (Å²) < 4.78 is 0. The summed E-state index contributed by atoms with van der Waals surface area (Å²) in [6.45, 7) is 0.791. The molecule has 0 unspecified atom stereocenters. The lowest BCUT2D eigenvalue weighted by atomic mass is 10.1. The van der Waals surface area contributed by atoms with Crippen molar-refractivity contribution in [1.29, 1.82) is 0 Å². The Bertz CT molecular complexity index is 1170. The van der Waals surface area contributed by atoms with Gasteiger partial charge < -0.3 is 10.2 Å². The molecule has 0 atom stereocenters.